The van der Waals surface area contributed by atoms with Gasteiger partial charge in [0.1, 0.15) is 5.78 Å². The minimum Gasteiger partial charge on any atom is -0.481 e. The molecule has 0 radical (unpaired) electrons. The maximum atomic E-state index is 11.1. The Kier molecular flexibility index (Phi) is 5.52. The zero-order chi connectivity index (χ0) is 11.1. The molecule has 0 saturated carbocycles. The van der Waals surface area contributed by atoms with Crippen LogP contribution < -0.4 is 5.32 Å². The third-order valence-corrected chi connectivity index (χ3v) is 1.59. The minimum atomic E-state index is -0.920. The first kappa shape index (κ1) is 12.6. The second-order valence-electron chi connectivity index (χ2n) is 3.39. The molecule has 1 amide bonds. The fourth-order valence-electron chi connectivity index (χ4n) is 0.982. The van der Waals surface area contributed by atoms with Gasteiger partial charge in [-0.3, -0.25) is 14.4 Å². The van der Waals surface area contributed by atoms with Crippen LogP contribution in [0.15, 0.2) is 0 Å². The Bertz CT molecular complexity index is 237. The van der Waals surface area contributed by atoms with E-state index in [0.29, 0.717) is 0 Å². The van der Waals surface area contributed by atoms with Gasteiger partial charge in [0.15, 0.2) is 0 Å². The third-order valence-electron chi connectivity index (χ3n) is 1.59. The van der Waals surface area contributed by atoms with E-state index in [0.717, 1.165) is 0 Å². The first-order valence-corrected chi connectivity index (χ1v) is 4.39. The molecule has 0 spiro atoms. The first-order chi connectivity index (χ1) is 6.41. The molecule has 0 aromatic carbocycles. The van der Waals surface area contributed by atoms with E-state index >= 15 is 0 Å². The summed E-state index contributed by atoms with van der Waals surface area (Å²) in [6, 6.07) is 0. The number of rotatable bonds is 6. The number of hydrogen-bond donors (Lipinski definition) is 2. The van der Waals surface area contributed by atoms with Gasteiger partial charge in [0.2, 0.25) is 5.91 Å². The number of aliphatic carboxylic acids is 1. The van der Waals surface area contributed by atoms with Crippen molar-refractivity contribution in [1.82, 2.24) is 5.32 Å². The van der Waals surface area contributed by atoms with Crippen molar-refractivity contribution in [3.8, 4) is 0 Å². The predicted octanol–water partition coefficient (Wildman–Crippen LogP) is 0.192. The molecule has 80 valence electrons. The number of carboxylic acid groups (broad SMARTS) is 1. The van der Waals surface area contributed by atoms with Gasteiger partial charge in [-0.15, -0.1) is 0 Å². The number of carbonyl (C=O) groups is 3. The van der Waals surface area contributed by atoms with Gasteiger partial charge in [0.05, 0.1) is 6.54 Å². The van der Waals surface area contributed by atoms with Crippen LogP contribution in [0, 0.1) is 5.92 Å². The number of hydrogen-bond acceptors (Lipinski definition) is 3. The second kappa shape index (κ2) is 6.12. The maximum Gasteiger partial charge on any atom is 0.303 e. The fourth-order valence-corrected chi connectivity index (χ4v) is 0.982. The van der Waals surface area contributed by atoms with Crippen molar-refractivity contribution in [2.75, 3.05) is 6.54 Å². The Morgan fingerprint density at radius 3 is 2.29 bits per heavy atom. The Labute approximate surface area is 82.5 Å². The molecule has 0 heterocycles. The van der Waals surface area contributed by atoms with Crippen molar-refractivity contribution in [2.24, 2.45) is 5.92 Å². The van der Waals surface area contributed by atoms with Gasteiger partial charge < -0.3 is 10.4 Å². The molecule has 14 heavy (non-hydrogen) atoms. The molecule has 0 saturated heterocycles. The first-order valence-electron chi connectivity index (χ1n) is 4.39. The molecule has 0 aliphatic heterocycles. The maximum absolute atomic E-state index is 11.1. The average molecular weight is 201 g/mol. The molecular formula is C9H15NO4. The van der Waals surface area contributed by atoms with Crippen LogP contribution in [0.1, 0.15) is 26.7 Å². The van der Waals surface area contributed by atoms with Crippen LogP contribution in [0.4, 0.5) is 0 Å². The van der Waals surface area contributed by atoms with E-state index in [2.05, 4.69) is 5.32 Å². The zero-order valence-electron chi connectivity index (χ0n) is 8.37. The van der Waals surface area contributed by atoms with Crippen LogP contribution in [0.2, 0.25) is 0 Å². The van der Waals surface area contributed by atoms with Crippen molar-refractivity contribution >= 4 is 17.7 Å². The van der Waals surface area contributed by atoms with Gasteiger partial charge in [-0.05, 0) is 12.8 Å². The number of carboxylic acids is 1. The number of nitrogens with one attached hydrogen (secondary N) is 1. The normalized spacial score (nSPS) is 11.9. The SMILES string of the molecule is CC(=O)CNC(=O)CC(C)CC(=O)O. The largest absolute Gasteiger partial charge is 0.481 e. The molecule has 0 bridgehead atoms. The van der Waals surface area contributed by atoms with E-state index in [1.807, 2.05) is 0 Å². The third kappa shape index (κ3) is 7.27. The van der Waals surface area contributed by atoms with Crippen molar-refractivity contribution in [3.63, 3.8) is 0 Å². The highest BCUT2D eigenvalue weighted by atomic mass is 16.4. The van der Waals surface area contributed by atoms with E-state index in [4.69, 9.17) is 5.11 Å². The Morgan fingerprint density at radius 2 is 1.86 bits per heavy atom. The van der Waals surface area contributed by atoms with Crippen LogP contribution >= 0.6 is 0 Å². The van der Waals surface area contributed by atoms with Crippen LogP contribution in [-0.4, -0.2) is 29.3 Å². The Balaban J connectivity index is 3.71. The molecule has 0 fully saturated rings. The lowest BCUT2D eigenvalue weighted by atomic mass is 10.0. The van der Waals surface area contributed by atoms with Crippen LogP contribution in [0.3, 0.4) is 0 Å². The minimum absolute atomic E-state index is 0.0125. The molecule has 0 aliphatic rings. The number of ketones is 1. The van der Waals surface area contributed by atoms with Crippen molar-refractivity contribution in [2.45, 2.75) is 26.7 Å². The molecule has 0 aromatic heterocycles. The molecule has 0 rings (SSSR count). The summed E-state index contributed by atoms with van der Waals surface area (Å²) in [6.45, 7) is 3.07. The molecule has 5 nitrogen and oxygen atoms in total. The highest BCUT2D eigenvalue weighted by Gasteiger charge is 2.12. The van der Waals surface area contributed by atoms with Gasteiger partial charge in [-0.1, -0.05) is 6.92 Å². The van der Waals surface area contributed by atoms with E-state index in [9.17, 15) is 14.4 Å². The standard InChI is InChI=1S/C9H15NO4/c1-6(4-9(13)14)3-8(12)10-5-7(2)11/h6H,3-5H2,1-2H3,(H,10,12)(H,13,14). The molecule has 1 atom stereocenters. The lowest BCUT2D eigenvalue weighted by Gasteiger charge is -2.07. The average Bonchev–Trinajstić information content (AvgIpc) is 1.98. The summed E-state index contributed by atoms with van der Waals surface area (Å²) >= 11 is 0. The zero-order valence-corrected chi connectivity index (χ0v) is 8.37. The van der Waals surface area contributed by atoms with Crippen molar-refractivity contribution in [3.05, 3.63) is 0 Å². The summed E-state index contributed by atoms with van der Waals surface area (Å²) in [4.78, 5) is 31.9. The molecule has 0 aromatic rings. The van der Waals surface area contributed by atoms with Gasteiger partial charge in [-0.2, -0.15) is 0 Å². The summed E-state index contributed by atoms with van der Waals surface area (Å²) in [5.41, 5.74) is 0. The van der Waals surface area contributed by atoms with E-state index in [1.54, 1.807) is 6.92 Å². The molecule has 1 unspecified atom stereocenters. The number of amides is 1. The highest BCUT2D eigenvalue weighted by molar-refractivity contribution is 5.84. The predicted molar refractivity (Wildman–Crippen MR) is 49.7 cm³/mol. The summed E-state index contributed by atoms with van der Waals surface area (Å²) in [5, 5.41) is 10.8. The second-order valence-corrected chi connectivity index (χ2v) is 3.39. The van der Waals surface area contributed by atoms with Crippen molar-refractivity contribution in [1.29, 1.82) is 0 Å². The Morgan fingerprint density at radius 1 is 1.29 bits per heavy atom. The molecule has 0 aliphatic carbocycles. The van der Waals surface area contributed by atoms with Gasteiger partial charge in [0.25, 0.3) is 0 Å². The molecule has 2 N–H and O–H groups in total. The smallest absolute Gasteiger partial charge is 0.303 e. The van der Waals surface area contributed by atoms with Crippen LogP contribution in [0.25, 0.3) is 0 Å². The summed E-state index contributed by atoms with van der Waals surface area (Å²) < 4.78 is 0. The summed E-state index contributed by atoms with van der Waals surface area (Å²) in [5.74, 6) is -1.53. The van der Waals surface area contributed by atoms with Gasteiger partial charge in [-0.25, -0.2) is 0 Å². The molecular weight excluding hydrogens is 186 g/mol. The Hall–Kier alpha value is -1.39. The summed E-state index contributed by atoms with van der Waals surface area (Å²) in [7, 11) is 0. The quantitative estimate of drug-likeness (QED) is 0.642. The number of carbonyl (C=O) groups excluding carboxylic acids is 2. The van der Waals surface area contributed by atoms with Crippen LogP contribution in [0.5, 0.6) is 0 Å². The summed E-state index contributed by atoms with van der Waals surface area (Å²) in [6.07, 6.45) is 0.104. The lowest BCUT2D eigenvalue weighted by Crippen LogP contribution is -2.29. The lowest BCUT2D eigenvalue weighted by molar-refractivity contribution is -0.138. The van der Waals surface area contributed by atoms with Gasteiger partial charge >= 0.3 is 5.97 Å². The monoisotopic (exact) mass is 201 g/mol. The number of Topliss-reactive ketones (excluding diaryl/α,β-unsaturated/α-hetero) is 1. The van der Waals surface area contributed by atoms with Crippen molar-refractivity contribution < 1.29 is 19.5 Å². The highest BCUT2D eigenvalue weighted by Crippen LogP contribution is 2.06. The van der Waals surface area contributed by atoms with E-state index < -0.39 is 5.97 Å². The van der Waals surface area contributed by atoms with E-state index in [1.165, 1.54) is 6.92 Å². The fraction of sp³-hybridized carbons (Fsp3) is 0.667. The van der Waals surface area contributed by atoms with Crippen LogP contribution in [-0.2, 0) is 14.4 Å². The topological polar surface area (TPSA) is 83.5 Å². The molecule has 5 heteroatoms. The van der Waals surface area contributed by atoms with E-state index in [-0.39, 0.29) is 37.0 Å². The van der Waals surface area contributed by atoms with Gasteiger partial charge in [0, 0.05) is 12.8 Å².